The Morgan fingerprint density at radius 3 is 2.43 bits per heavy atom. The zero-order valence-electron chi connectivity index (χ0n) is 17.2. The van der Waals surface area contributed by atoms with Gasteiger partial charge in [-0.2, -0.15) is 0 Å². The molecule has 0 aliphatic carbocycles. The Labute approximate surface area is 176 Å². The average Bonchev–Trinajstić information content (AvgIpc) is 3.08. The predicted octanol–water partition coefficient (Wildman–Crippen LogP) is 2.94. The Morgan fingerprint density at radius 2 is 1.77 bits per heavy atom. The molecule has 0 unspecified atom stereocenters. The van der Waals surface area contributed by atoms with E-state index in [0.29, 0.717) is 19.4 Å². The molecule has 1 aliphatic rings. The van der Waals surface area contributed by atoms with Gasteiger partial charge in [-0.05, 0) is 29.5 Å². The minimum absolute atomic E-state index is 0.0396. The summed E-state index contributed by atoms with van der Waals surface area (Å²) in [6.07, 6.45) is 2.23. The topological polar surface area (TPSA) is 86.7 Å². The molecular weight excluding hydrogens is 380 g/mol. The summed E-state index contributed by atoms with van der Waals surface area (Å²) in [6.45, 7) is 2.56. The summed E-state index contributed by atoms with van der Waals surface area (Å²) in [5, 5.41) is 12.1. The molecule has 0 spiro atoms. The van der Waals surface area contributed by atoms with Crippen LogP contribution in [-0.2, 0) is 33.8 Å². The minimum Gasteiger partial charge on any atom is -0.480 e. The van der Waals surface area contributed by atoms with Gasteiger partial charge in [0.25, 0.3) is 0 Å². The van der Waals surface area contributed by atoms with Crippen molar-refractivity contribution in [2.45, 2.75) is 57.7 Å². The van der Waals surface area contributed by atoms with E-state index in [4.69, 9.17) is 0 Å². The maximum absolute atomic E-state index is 12.6. The van der Waals surface area contributed by atoms with Crippen LogP contribution in [-0.4, -0.2) is 39.9 Å². The van der Waals surface area contributed by atoms with Crippen molar-refractivity contribution in [3.8, 4) is 0 Å². The molecule has 2 N–H and O–H groups in total. The number of carbonyl (C=O) groups is 3. The van der Waals surface area contributed by atoms with Crippen LogP contribution >= 0.6 is 0 Å². The molecule has 2 atom stereocenters. The molecule has 1 aliphatic heterocycles. The van der Waals surface area contributed by atoms with Crippen molar-refractivity contribution in [3.05, 3.63) is 71.3 Å². The zero-order valence-corrected chi connectivity index (χ0v) is 17.2. The number of carboxylic acids is 1. The first-order valence-corrected chi connectivity index (χ1v) is 10.4. The molecule has 2 amide bonds. The van der Waals surface area contributed by atoms with Crippen molar-refractivity contribution in [3.63, 3.8) is 0 Å². The Balaban J connectivity index is 1.63. The van der Waals surface area contributed by atoms with Crippen molar-refractivity contribution in [1.82, 2.24) is 10.2 Å². The molecule has 0 aromatic heterocycles. The van der Waals surface area contributed by atoms with Crippen molar-refractivity contribution in [1.29, 1.82) is 0 Å². The van der Waals surface area contributed by atoms with Gasteiger partial charge in [0.15, 0.2) is 0 Å². The Kier molecular flexibility index (Phi) is 7.22. The number of likely N-dealkylation sites (tertiary alicyclic amines) is 1. The van der Waals surface area contributed by atoms with Crippen LogP contribution in [0.25, 0.3) is 0 Å². The number of benzene rings is 2. The smallest absolute Gasteiger partial charge is 0.326 e. The summed E-state index contributed by atoms with van der Waals surface area (Å²) < 4.78 is 0. The van der Waals surface area contributed by atoms with Crippen LogP contribution in [0.4, 0.5) is 0 Å². The molecule has 158 valence electrons. The van der Waals surface area contributed by atoms with Crippen LogP contribution in [0.3, 0.4) is 0 Å². The summed E-state index contributed by atoms with van der Waals surface area (Å²) >= 11 is 0. The summed E-state index contributed by atoms with van der Waals surface area (Å²) in [6, 6.07) is 16.0. The van der Waals surface area contributed by atoms with Crippen LogP contribution in [0, 0.1) is 0 Å². The largest absolute Gasteiger partial charge is 0.480 e. The van der Waals surface area contributed by atoms with Crippen LogP contribution < -0.4 is 5.32 Å². The highest BCUT2D eigenvalue weighted by molar-refractivity contribution is 5.85. The van der Waals surface area contributed by atoms with Gasteiger partial charge in [-0.1, -0.05) is 61.5 Å². The summed E-state index contributed by atoms with van der Waals surface area (Å²) in [5.74, 6) is -1.37. The van der Waals surface area contributed by atoms with Crippen LogP contribution in [0.1, 0.15) is 42.9 Å². The molecule has 0 saturated carbocycles. The molecular formula is C24H28N2O4. The molecule has 3 rings (SSSR count). The first kappa shape index (κ1) is 21.6. The second-order valence-electron chi connectivity index (χ2n) is 7.69. The molecule has 6 nitrogen and oxygen atoms in total. The number of nitrogens with zero attached hydrogens (tertiary/aromatic N) is 1. The average molecular weight is 408 g/mol. The van der Waals surface area contributed by atoms with Gasteiger partial charge in [-0.25, -0.2) is 4.79 Å². The van der Waals surface area contributed by atoms with Gasteiger partial charge in [0, 0.05) is 31.8 Å². The lowest BCUT2D eigenvalue weighted by Crippen LogP contribution is -2.45. The standard InChI is InChI=1S/C24H28N2O4/c1-2-18-10-6-7-11-19(18)16-26-20(12-13-23(26)28)15-22(27)25-21(24(29)30)14-17-8-4-3-5-9-17/h3-11,20-21H,2,12-16H2,1H3,(H,25,27)(H,29,30)/t20-,21-/m0/s1. The van der Waals surface area contributed by atoms with Crippen molar-refractivity contribution < 1.29 is 19.5 Å². The van der Waals surface area contributed by atoms with Crippen molar-refractivity contribution in [2.24, 2.45) is 0 Å². The first-order valence-electron chi connectivity index (χ1n) is 10.4. The van der Waals surface area contributed by atoms with Gasteiger partial charge in [0.2, 0.25) is 11.8 Å². The van der Waals surface area contributed by atoms with Gasteiger partial charge in [-0.15, -0.1) is 0 Å². The van der Waals surface area contributed by atoms with Crippen molar-refractivity contribution >= 4 is 17.8 Å². The van der Waals surface area contributed by atoms with Crippen LogP contribution in [0.5, 0.6) is 0 Å². The number of rotatable bonds is 9. The monoisotopic (exact) mass is 408 g/mol. The summed E-state index contributed by atoms with van der Waals surface area (Å²) in [4.78, 5) is 38.5. The number of carboxylic acid groups (broad SMARTS) is 1. The van der Waals surface area contributed by atoms with E-state index in [-0.39, 0.29) is 30.7 Å². The second-order valence-corrected chi connectivity index (χ2v) is 7.69. The van der Waals surface area contributed by atoms with Crippen LogP contribution in [0.2, 0.25) is 0 Å². The number of hydrogen-bond donors (Lipinski definition) is 2. The maximum Gasteiger partial charge on any atom is 0.326 e. The molecule has 1 heterocycles. The third-order valence-electron chi connectivity index (χ3n) is 5.63. The molecule has 1 saturated heterocycles. The highest BCUT2D eigenvalue weighted by Gasteiger charge is 2.33. The fraction of sp³-hybridized carbons (Fsp3) is 0.375. The highest BCUT2D eigenvalue weighted by atomic mass is 16.4. The fourth-order valence-corrected chi connectivity index (χ4v) is 3.98. The van der Waals surface area contributed by atoms with Crippen molar-refractivity contribution in [2.75, 3.05) is 0 Å². The SMILES string of the molecule is CCc1ccccc1CN1C(=O)CC[C@H]1CC(=O)N[C@@H](Cc1ccccc1)C(=O)O. The molecule has 2 aromatic rings. The van der Waals surface area contributed by atoms with E-state index in [1.54, 1.807) is 4.90 Å². The van der Waals surface area contributed by atoms with E-state index < -0.39 is 12.0 Å². The third kappa shape index (κ3) is 5.47. The van der Waals surface area contributed by atoms with E-state index >= 15 is 0 Å². The van der Waals surface area contributed by atoms with E-state index in [9.17, 15) is 19.5 Å². The van der Waals surface area contributed by atoms with E-state index in [2.05, 4.69) is 18.3 Å². The number of amides is 2. The van der Waals surface area contributed by atoms with Gasteiger partial charge < -0.3 is 15.3 Å². The molecule has 0 radical (unpaired) electrons. The minimum atomic E-state index is -1.07. The molecule has 1 fully saturated rings. The zero-order chi connectivity index (χ0) is 21.5. The van der Waals surface area contributed by atoms with E-state index in [1.807, 2.05) is 48.5 Å². The number of aliphatic carboxylic acids is 1. The molecule has 0 bridgehead atoms. The fourth-order valence-electron chi connectivity index (χ4n) is 3.98. The number of hydrogen-bond acceptors (Lipinski definition) is 3. The molecule has 6 heteroatoms. The van der Waals surface area contributed by atoms with Gasteiger partial charge in [-0.3, -0.25) is 9.59 Å². The highest BCUT2D eigenvalue weighted by Crippen LogP contribution is 2.25. The lowest BCUT2D eigenvalue weighted by atomic mass is 10.0. The third-order valence-corrected chi connectivity index (χ3v) is 5.63. The normalized spacial score (nSPS) is 17.0. The quantitative estimate of drug-likeness (QED) is 0.668. The Hall–Kier alpha value is -3.15. The first-order chi connectivity index (χ1) is 14.5. The number of aryl methyl sites for hydroxylation is 1. The molecule has 30 heavy (non-hydrogen) atoms. The van der Waals surface area contributed by atoms with Gasteiger partial charge in [0.1, 0.15) is 6.04 Å². The summed E-state index contributed by atoms with van der Waals surface area (Å²) in [5.41, 5.74) is 3.13. The number of nitrogens with one attached hydrogen (secondary N) is 1. The second kappa shape index (κ2) is 10.1. The number of carbonyl (C=O) groups excluding carboxylic acids is 2. The maximum atomic E-state index is 12.6. The van der Waals surface area contributed by atoms with E-state index in [0.717, 1.165) is 17.5 Å². The van der Waals surface area contributed by atoms with E-state index in [1.165, 1.54) is 5.56 Å². The predicted molar refractivity (Wildman–Crippen MR) is 114 cm³/mol. The van der Waals surface area contributed by atoms with Gasteiger partial charge >= 0.3 is 5.97 Å². The summed E-state index contributed by atoms with van der Waals surface area (Å²) in [7, 11) is 0. The lowest BCUT2D eigenvalue weighted by Gasteiger charge is -2.26. The lowest BCUT2D eigenvalue weighted by molar-refractivity contribution is -0.142. The molecule has 2 aromatic carbocycles. The Bertz CT molecular complexity index is 897. The van der Waals surface area contributed by atoms with Crippen LogP contribution in [0.15, 0.2) is 54.6 Å². The Morgan fingerprint density at radius 1 is 1.10 bits per heavy atom. The van der Waals surface area contributed by atoms with Gasteiger partial charge in [0.05, 0.1) is 0 Å².